The second kappa shape index (κ2) is 8.35. The van der Waals surface area contributed by atoms with Crippen molar-refractivity contribution in [2.45, 2.75) is 26.4 Å². The molecule has 2 heterocycles. The minimum absolute atomic E-state index is 0.172. The molecular formula is C19H17IN6O2. The fourth-order valence-electron chi connectivity index (χ4n) is 2.62. The van der Waals surface area contributed by atoms with Gasteiger partial charge in [0.25, 0.3) is 5.91 Å². The number of aromatic nitrogens is 4. The zero-order chi connectivity index (χ0) is 20.3. The highest BCUT2D eigenvalue weighted by molar-refractivity contribution is 14.1. The van der Waals surface area contributed by atoms with Crippen molar-refractivity contribution < 1.29 is 9.59 Å². The fourth-order valence-corrected chi connectivity index (χ4v) is 3.26. The quantitative estimate of drug-likeness (QED) is 0.409. The van der Waals surface area contributed by atoms with Crippen molar-refractivity contribution in [3.63, 3.8) is 0 Å². The van der Waals surface area contributed by atoms with E-state index in [1.54, 1.807) is 10.7 Å². The standard InChI is InChI=1S/C19H17IN6O2/c1-11(22-19(28)18-8-17(12(2)27)23-24-18)10-26-6-5-16(25-26)13-3-4-14(9-21)15(20)7-13/h3-8,11H,10H2,1-2H3,(H,22,28)(H,23,24). The van der Waals surface area contributed by atoms with E-state index >= 15 is 0 Å². The van der Waals surface area contributed by atoms with Crippen molar-refractivity contribution in [2.24, 2.45) is 0 Å². The molecule has 0 bridgehead atoms. The van der Waals surface area contributed by atoms with E-state index in [0.29, 0.717) is 17.8 Å². The van der Waals surface area contributed by atoms with E-state index in [1.807, 2.05) is 31.3 Å². The molecule has 0 saturated heterocycles. The molecule has 1 unspecified atom stereocenters. The van der Waals surface area contributed by atoms with Gasteiger partial charge in [0.05, 0.1) is 17.8 Å². The fraction of sp³-hybridized carbons (Fsp3) is 0.211. The van der Waals surface area contributed by atoms with Crippen molar-refractivity contribution in [3.05, 3.63) is 57.1 Å². The molecule has 0 radical (unpaired) electrons. The number of ketones is 1. The molecule has 1 aromatic carbocycles. The number of Topliss-reactive ketones (excluding diaryl/α,β-unsaturated/α-hetero) is 1. The second-order valence-electron chi connectivity index (χ2n) is 6.33. The lowest BCUT2D eigenvalue weighted by atomic mass is 10.1. The topological polar surface area (TPSA) is 116 Å². The molecule has 0 saturated carbocycles. The Labute approximate surface area is 175 Å². The molecule has 1 atom stereocenters. The molecule has 1 amide bonds. The van der Waals surface area contributed by atoms with Crippen LogP contribution in [0.3, 0.4) is 0 Å². The Bertz CT molecular complexity index is 1080. The van der Waals surface area contributed by atoms with E-state index in [2.05, 4.69) is 49.3 Å². The molecule has 2 N–H and O–H groups in total. The first-order chi connectivity index (χ1) is 13.4. The Balaban J connectivity index is 1.64. The Morgan fingerprint density at radius 2 is 2.14 bits per heavy atom. The van der Waals surface area contributed by atoms with Gasteiger partial charge in [-0.2, -0.15) is 15.5 Å². The Kier molecular flexibility index (Phi) is 5.89. The summed E-state index contributed by atoms with van der Waals surface area (Å²) in [5.41, 5.74) is 2.81. The van der Waals surface area contributed by atoms with Gasteiger partial charge < -0.3 is 5.32 Å². The summed E-state index contributed by atoms with van der Waals surface area (Å²) < 4.78 is 2.62. The van der Waals surface area contributed by atoms with Crippen LogP contribution in [0.2, 0.25) is 0 Å². The minimum atomic E-state index is -0.356. The van der Waals surface area contributed by atoms with Crippen molar-refractivity contribution >= 4 is 34.3 Å². The number of benzene rings is 1. The van der Waals surface area contributed by atoms with Gasteiger partial charge in [0.2, 0.25) is 0 Å². The maximum Gasteiger partial charge on any atom is 0.272 e. The average molecular weight is 488 g/mol. The molecule has 0 aliphatic rings. The molecule has 2 aromatic heterocycles. The Morgan fingerprint density at radius 3 is 2.79 bits per heavy atom. The lowest BCUT2D eigenvalue weighted by Crippen LogP contribution is -2.36. The summed E-state index contributed by atoms with van der Waals surface area (Å²) in [5, 5.41) is 22.8. The predicted molar refractivity (Wildman–Crippen MR) is 111 cm³/mol. The summed E-state index contributed by atoms with van der Waals surface area (Å²) in [5.74, 6) is -0.536. The van der Waals surface area contributed by atoms with E-state index in [4.69, 9.17) is 5.26 Å². The number of nitrogens with one attached hydrogen (secondary N) is 2. The maximum atomic E-state index is 12.2. The number of aromatic amines is 1. The lowest BCUT2D eigenvalue weighted by molar-refractivity contribution is 0.0930. The molecule has 8 nitrogen and oxygen atoms in total. The summed E-state index contributed by atoms with van der Waals surface area (Å²) in [6.45, 7) is 3.74. The highest BCUT2D eigenvalue weighted by atomic mass is 127. The van der Waals surface area contributed by atoms with Crippen molar-refractivity contribution in [1.29, 1.82) is 5.26 Å². The van der Waals surface area contributed by atoms with Crippen LogP contribution >= 0.6 is 22.6 Å². The van der Waals surface area contributed by atoms with E-state index in [9.17, 15) is 9.59 Å². The number of H-pyrrole nitrogens is 1. The van der Waals surface area contributed by atoms with Gasteiger partial charge >= 0.3 is 0 Å². The number of hydrogen-bond donors (Lipinski definition) is 2. The van der Waals surface area contributed by atoms with Crippen LogP contribution in [0.25, 0.3) is 11.3 Å². The summed E-state index contributed by atoms with van der Waals surface area (Å²) in [6.07, 6.45) is 1.84. The van der Waals surface area contributed by atoms with Gasteiger partial charge in [-0.15, -0.1) is 0 Å². The van der Waals surface area contributed by atoms with Gasteiger partial charge in [0.15, 0.2) is 11.5 Å². The second-order valence-corrected chi connectivity index (χ2v) is 7.49. The third-order valence-corrected chi connectivity index (χ3v) is 4.95. The molecule has 0 fully saturated rings. The van der Waals surface area contributed by atoms with Gasteiger partial charge in [-0.3, -0.25) is 19.4 Å². The molecule has 28 heavy (non-hydrogen) atoms. The third-order valence-electron chi connectivity index (χ3n) is 4.05. The molecule has 0 aliphatic heterocycles. The number of rotatable bonds is 6. The van der Waals surface area contributed by atoms with Crippen molar-refractivity contribution in [1.82, 2.24) is 25.3 Å². The summed E-state index contributed by atoms with van der Waals surface area (Å²) in [4.78, 5) is 23.5. The van der Waals surface area contributed by atoms with E-state index in [-0.39, 0.29) is 23.4 Å². The molecule has 3 aromatic rings. The van der Waals surface area contributed by atoms with Crippen LogP contribution in [0.1, 0.15) is 40.4 Å². The van der Waals surface area contributed by atoms with Crippen molar-refractivity contribution in [2.75, 3.05) is 0 Å². The van der Waals surface area contributed by atoms with Gasteiger partial charge in [-0.05, 0) is 53.8 Å². The first-order valence-corrected chi connectivity index (χ1v) is 9.56. The molecule has 3 rings (SSSR count). The Hall–Kier alpha value is -3.00. The maximum absolute atomic E-state index is 12.2. The molecule has 0 spiro atoms. The average Bonchev–Trinajstić information content (AvgIpc) is 3.31. The first kappa shape index (κ1) is 19.8. The number of halogens is 1. The van der Waals surface area contributed by atoms with E-state index in [1.165, 1.54) is 13.0 Å². The number of carbonyl (C=O) groups excluding carboxylic acids is 2. The SMILES string of the molecule is CC(=O)c1cc(C(=O)NC(C)Cn2ccc(-c3ccc(C#N)c(I)c3)n2)n[nH]1. The van der Waals surface area contributed by atoms with Gasteiger partial charge in [0, 0.05) is 28.3 Å². The first-order valence-electron chi connectivity index (χ1n) is 8.48. The van der Waals surface area contributed by atoms with Crippen LogP contribution in [-0.2, 0) is 6.54 Å². The number of nitriles is 1. The van der Waals surface area contributed by atoms with Crippen LogP contribution in [0.5, 0.6) is 0 Å². The van der Waals surface area contributed by atoms with Gasteiger partial charge in [0.1, 0.15) is 11.8 Å². The minimum Gasteiger partial charge on any atom is -0.346 e. The van der Waals surface area contributed by atoms with Crippen molar-refractivity contribution in [3.8, 4) is 17.3 Å². The predicted octanol–water partition coefficient (Wildman–Crippen LogP) is 2.77. The number of amides is 1. The third kappa shape index (κ3) is 4.45. The highest BCUT2D eigenvalue weighted by Gasteiger charge is 2.15. The van der Waals surface area contributed by atoms with Crippen LogP contribution < -0.4 is 5.32 Å². The number of hydrogen-bond acceptors (Lipinski definition) is 5. The summed E-state index contributed by atoms with van der Waals surface area (Å²) in [7, 11) is 0. The molecule has 0 aliphatic carbocycles. The summed E-state index contributed by atoms with van der Waals surface area (Å²) in [6, 6.07) is 10.8. The summed E-state index contributed by atoms with van der Waals surface area (Å²) >= 11 is 2.13. The highest BCUT2D eigenvalue weighted by Crippen LogP contribution is 2.22. The van der Waals surface area contributed by atoms with Crippen LogP contribution in [0.4, 0.5) is 0 Å². The van der Waals surface area contributed by atoms with E-state index < -0.39 is 0 Å². The van der Waals surface area contributed by atoms with E-state index in [0.717, 1.165) is 14.8 Å². The molecule has 9 heteroatoms. The van der Waals surface area contributed by atoms with Crippen LogP contribution in [-0.4, -0.2) is 37.7 Å². The van der Waals surface area contributed by atoms with Crippen LogP contribution in [0.15, 0.2) is 36.5 Å². The van der Waals surface area contributed by atoms with Crippen LogP contribution in [0, 0.1) is 14.9 Å². The van der Waals surface area contributed by atoms with Gasteiger partial charge in [-0.25, -0.2) is 0 Å². The zero-order valence-electron chi connectivity index (χ0n) is 15.2. The smallest absolute Gasteiger partial charge is 0.272 e. The lowest BCUT2D eigenvalue weighted by Gasteiger charge is -2.13. The normalized spacial score (nSPS) is 11.6. The molecular weight excluding hydrogens is 471 g/mol. The van der Waals surface area contributed by atoms with Gasteiger partial charge in [-0.1, -0.05) is 6.07 Å². The zero-order valence-corrected chi connectivity index (χ0v) is 17.4. The number of nitrogens with zero attached hydrogens (tertiary/aromatic N) is 4. The largest absolute Gasteiger partial charge is 0.346 e. The number of carbonyl (C=O) groups is 2. The molecule has 142 valence electrons. The Morgan fingerprint density at radius 1 is 1.36 bits per heavy atom. The monoisotopic (exact) mass is 488 g/mol.